The van der Waals surface area contributed by atoms with Gasteiger partial charge in [-0.2, -0.15) is 0 Å². The monoisotopic (exact) mass is 577 g/mol. The molecular formula is C41H27N3O. The summed E-state index contributed by atoms with van der Waals surface area (Å²) in [5.41, 5.74) is 11.9. The Morgan fingerprint density at radius 2 is 1.33 bits per heavy atom. The molecule has 0 amide bonds. The van der Waals surface area contributed by atoms with Crippen LogP contribution in [0.5, 0.6) is 0 Å². The summed E-state index contributed by atoms with van der Waals surface area (Å²) in [5, 5.41) is 5.54. The van der Waals surface area contributed by atoms with Gasteiger partial charge >= 0.3 is 0 Å². The van der Waals surface area contributed by atoms with Gasteiger partial charge in [0.1, 0.15) is 11.2 Å². The maximum absolute atomic E-state index is 6.42. The summed E-state index contributed by atoms with van der Waals surface area (Å²) >= 11 is 0. The number of hydrogen-bond donors (Lipinski definition) is 0. The highest BCUT2D eigenvalue weighted by Crippen LogP contribution is 2.51. The fourth-order valence-corrected chi connectivity index (χ4v) is 7.69. The maximum Gasteiger partial charge on any atom is 0.235 e. The highest BCUT2D eigenvalue weighted by Gasteiger charge is 2.36. The molecule has 1 aliphatic rings. The van der Waals surface area contributed by atoms with Crippen LogP contribution < -0.4 is 0 Å². The van der Waals surface area contributed by atoms with Gasteiger partial charge in [0.05, 0.1) is 27.6 Å². The highest BCUT2D eigenvalue weighted by molar-refractivity contribution is 6.25. The molecule has 0 N–H and O–H groups in total. The Morgan fingerprint density at radius 1 is 0.578 bits per heavy atom. The average Bonchev–Trinajstić information content (AvgIpc) is 3.69. The summed E-state index contributed by atoms with van der Waals surface area (Å²) in [4.78, 5) is 10.6. The highest BCUT2D eigenvalue weighted by atomic mass is 16.3. The molecule has 1 aliphatic carbocycles. The van der Waals surface area contributed by atoms with E-state index in [-0.39, 0.29) is 5.41 Å². The molecule has 3 heterocycles. The minimum Gasteiger partial charge on any atom is -0.456 e. The molecule has 0 radical (unpaired) electrons. The van der Waals surface area contributed by atoms with Crippen molar-refractivity contribution in [3.63, 3.8) is 0 Å². The second kappa shape index (κ2) is 8.67. The lowest BCUT2D eigenvalue weighted by Gasteiger charge is -2.21. The van der Waals surface area contributed by atoms with Crippen molar-refractivity contribution in [1.82, 2.24) is 14.5 Å². The summed E-state index contributed by atoms with van der Waals surface area (Å²) in [6.07, 6.45) is 0. The normalized spacial score (nSPS) is 13.7. The van der Waals surface area contributed by atoms with Crippen LogP contribution in [-0.2, 0) is 5.41 Å². The fourth-order valence-electron chi connectivity index (χ4n) is 7.69. The molecule has 0 saturated heterocycles. The van der Waals surface area contributed by atoms with Crippen LogP contribution in [0.3, 0.4) is 0 Å². The minimum atomic E-state index is -0.140. The summed E-state index contributed by atoms with van der Waals surface area (Å²) in [7, 11) is 0. The third-order valence-corrected chi connectivity index (χ3v) is 9.81. The van der Waals surface area contributed by atoms with Gasteiger partial charge in [-0.15, -0.1) is 0 Å². The molecule has 0 aliphatic heterocycles. The van der Waals surface area contributed by atoms with Crippen LogP contribution in [-0.4, -0.2) is 14.5 Å². The van der Waals surface area contributed by atoms with Crippen molar-refractivity contribution < 1.29 is 4.42 Å². The Balaban J connectivity index is 1.41. The number of hydrogen-bond acceptors (Lipinski definition) is 3. The smallest absolute Gasteiger partial charge is 0.235 e. The molecule has 0 bridgehead atoms. The fraction of sp³-hybridized carbons (Fsp3) is 0.0732. The summed E-state index contributed by atoms with van der Waals surface area (Å²) < 4.78 is 8.70. The van der Waals surface area contributed by atoms with E-state index in [1.54, 1.807) is 0 Å². The van der Waals surface area contributed by atoms with Crippen LogP contribution in [0.15, 0.2) is 132 Å². The molecule has 9 aromatic rings. The standard InChI is InChI=1S/C41H27N3O/c1-41(2)31-17-9-6-14-25(31)29-22-30-26-20-21-36-37(28-16-8-11-19-35(28)45-36)39(26)44(34(30)23-32(29)41)40-42-33-18-10-7-15-27(33)38(43-40)24-12-4-3-5-13-24/h3-23H,1-2H3. The first-order valence-corrected chi connectivity index (χ1v) is 15.4. The van der Waals surface area contributed by atoms with Crippen molar-refractivity contribution >= 4 is 54.6 Å². The van der Waals surface area contributed by atoms with Crippen LogP contribution in [0, 0.1) is 0 Å². The maximum atomic E-state index is 6.42. The van der Waals surface area contributed by atoms with Gasteiger partial charge in [-0.3, -0.25) is 4.57 Å². The first kappa shape index (κ1) is 24.7. The zero-order valence-electron chi connectivity index (χ0n) is 24.9. The molecule has 6 aromatic carbocycles. The number of nitrogens with zero attached hydrogens (tertiary/aromatic N) is 3. The number of furan rings is 1. The largest absolute Gasteiger partial charge is 0.456 e. The van der Waals surface area contributed by atoms with Gasteiger partial charge < -0.3 is 4.42 Å². The molecule has 0 unspecified atom stereocenters. The predicted octanol–water partition coefficient (Wildman–Crippen LogP) is 10.6. The van der Waals surface area contributed by atoms with Crippen LogP contribution >= 0.6 is 0 Å². The van der Waals surface area contributed by atoms with Gasteiger partial charge in [0.2, 0.25) is 5.95 Å². The zero-order chi connectivity index (χ0) is 29.9. The number of rotatable bonds is 2. The lowest BCUT2D eigenvalue weighted by molar-refractivity contribution is 0.661. The number of para-hydroxylation sites is 2. The van der Waals surface area contributed by atoms with Gasteiger partial charge in [-0.1, -0.05) is 105 Å². The second-order valence-corrected chi connectivity index (χ2v) is 12.6. The third kappa shape index (κ3) is 3.26. The zero-order valence-corrected chi connectivity index (χ0v) is 24.9. The summed E-state index contributed by atoms with van der Waals surface area (Å²) in [6, 6.07) is 45.0. The minimum absolute atomic E-state index is 0.140. The van der Waals surface area contributed by atoms with E-state index in [0.29, 0.717) is 5.95 Å². The van der Waals surface area contributed by atoms with Crippen molar-refractivity contribution in [1.29, 1.82) is 0 Å². The van der Waals surface area contributed by atoms with Crippen molar-refractivity contribution in [2.45, 2.75) is 19.3 Å². The third-order valence-electron chi connectivity index (χ3n) is 9.81. The van der Waals surface area contributed by atoms with E-state index in [9.17, 15) is 0 Å². The number of aromatic nitrogens is 3. The van der Waals surface area contributed by atoms with Crippen LogP contribution in [0.2, 0.25) is 0 Å². The Kier molecular flexibility index (Phi) is 4.76. The molecule has 0 spiro atoms. The molecule has 45 heavy (non-hydrogen) atoms. The lowest BCUT2D eigenvalue weighted by Crippen LogP contribution is -2.15. The Hall–Kier alpha value is -5.74. The van der Waals surface area contributed by atoms with E-state index >= 15 is 0 Å². The second-order valence-electron chi connectivity index (χ2n) is 12.6. The molecule has 0 saturated carbocycles. The Labute approximate surface area is 259 Å². The van der Waals surface area contributed by atoms with Gasteiger partial charge in [0.25, 0.3) is 0 Å². The van der Waals surface area contributed by atoms with Crippen LogP contribution in [0.1, 0.15) is 25.0 Å². The summed E-state index contributed by atoms with van der Waals surface area (Å²) in [5.74, 6) is 0.651. The van der Waals surface area contributed by atoms with Crippen molar-refractivity contribution in [3.05, 3.63) is 139 Å². The molecule has 3 aromatic heterocycles. The molecule has 4 nitrogen and oxygen atoms in total. The molecule has 10 rings (SSSR count). The van der Waals surface area contributed by atoms with Gasteiger partial charge in [0.15, 0.2) is 0 Å². The Morgan fingerprint density at radius 3 is 2.22 bits per heavy atom. The van der Waals surface area contributed by atoms with E-state index in [1.807, 2.05) is 24.3 Å². The van der Waals surface area contributed by atoms with Gasteiger partial charge in [0, 0.05) is 32.5 Å². The van der Waals surface area contributed by atoms with Gasteiger partial charge in [-0.05, 0) is 58.7 Å². The molecule has 4 heteroatoms. The first-order chi connectivity index (χ1) is 22.1. The lowest BCUT2D eigenvalue weighted by atomic mass is 9.82. The molecule has 0 fully saturated rings. The number of fused-ring (bicyclic) bond motifs is 11. The SMILES string of the molecule is CC1(C)c2ccccc2-c2cc3c4ccc5oc6ccccc6c5c4n(-c4nc(-c5ccccc5)c5ccccc5n4)c3cc21. The van der Waals surface area contributed by atoms with E-state index in [2.05, 4.69) is 122 Å². The first-order valence-electron chi connectivity index (χ1n) is 15.4. The van der Waals surface area contributed by atoms with Crippen LogP contribution in [0.25, 0.3) is 83.0 Å². The van der Waals surface area contributed by atoms with E-state index in [1.165, 1.54) is 27.6 Å². The van der Waals surface area contributed by atoms with E-state index < -0.39 is 0 Å². The average molecular weight is 578 g/mol. The van der Waals surface area contributed by atoms with Crippen molar-refractivity contribution in [2.24, 2.45) is 0 Å². The van der Waals surface area contributed by atoms with Crippen LogP contribution in [0.4, 0.5) is 0 Å². The van der Waals surface area contributed by atoms with Crippen molar-refractivity contribution in [2.75, 3.05) is 0 Å². The molecule has 212 valence electrons. The molecular weight excluding hydrogens is 550 g/mol. The van der Waals surface area contributed by atoms with Gasteiger partial charge in [-0.25, -0.2) is 9.97 Å². The summed E-state index contributed by atoms with van der Waals surface area (Å²) in [6.45, 7) is 4.66. The van der Waals surface area contributed by atoms with E-state index in [4.69, 9.17) is 14.4 Å². The quantitative estimate of drug-likeness (QED) is 0.205. The Bertz CT molecular complexity index is 2680. The number of benzene rings is 6. The van der Waals surface area contributed by atoms with E-state index in [0.717, 1.165) is 60.5 Å². The van der Waals surface area contributed by atoms with Crippen molar-refractivity contribution in [3.8, 4) is 28.3 Å². The topological polar surface area (TPSA) is 43.9 Å². The predicted molar refractivity (Wildman–Crippen MR) is 184 cm³/mol. The molecule has 0 atom stereocenters.